The number of cyclic esters (lactones) is 1. The molecule has 0 bridgehead atoms. The molecule has 2 fully saturated rings. The number of ether oxygens (including phenoxy) is 1. The molecular formula is C16H20FN3O4S. The third kappa shape index (κ3) is 4.16. The van der Waals surface area contributed by atoms with Gasteiger partial charge in [0.25, 0.3) is 0 Å². The zero-order valence-corrected chi connectivity index (χ0v) is 14.7. The number of carbonyl (C=O) groups excluding carboxylic acids is 2. The van der Waals surface area contributed by atoms with Crippen molar-refractivity contribution in [2.24, 2.45) is 0 Å². The van der Waals surface area contributed by atoms with Gasteiger partial charge in [-0.2, -0.15) is 0 Å². The molecule has 0 saturated carbocycles. The van der Waals surface area contributed by atoms with Gasteiger partial charge >= 0.3 is 6.09 Å². The van der Waals surface area contributed by atoms with E-state index in [1.54, 1.807) is 12.1 Å². The lowest BCUT2D eigenvalue weighted by atomic mass is 10.2. The smallest absolute Gasteiger partial charge is 0.414 e. The number of amides is 2. The van der Waals surface area contributed by atoms with Crippen molar-refractivity contribution in [3.63, 3.8) is 0 Å². The van der Waals surface area contributed by atoms with Crippen molar-refractivity contribution in [3.05, 3.63) is 24.0 Å². The molecule has 2 heterocycles. The van der Waals surface area contributed by atoms with Crippen molar-refractivity contribution in [3.8, 4) is 0 Å². The molecule has 0 aliphatic carbocycles. The SMILES string of the molecule is CC(=O)NCC1CN(c2ccc(N3CC[S+]([O-])CC3)c(F)c2)C(=O)O1. The number of hydrogen-bond donors (Lipinski definition) is 1. The molecule has 136 valence electrons. The largest absolute Gasteiger partial charge is 0.616 e. The van der Waals surface area contributed by atoms with Gasteiger partial charge in [0.05, 0.1) is 37.6 Å². The predicted octanol–water partition coefficient (Wildman–Crippen LogP) is 0.856. The van der Waals surface area contributed by atoms with E-state index in [9.17, 15) is 18.5 Å². The molecule has 0 spiro atoms. The molecule has 0 radical (unpaired) electrons. The molecule has 0 aromatic heterocycles. The summed E-state index contributed by atoms with van der Waals surface area (Å²) in [6.45, 7) is 2.96. The Bertz CT molecular complexity index is 667. The molecule has 2 aliphatic heterocycles. The van der Waals surface area contributed by atoms with Gasteiger partial charge in [-0.25, -0.2) is 9.18 Å². The van der Waals surface area contributed by atoms with E-state index in [-0.39, 0.29) is 19.0 Å². The Labute approximate surface area is 148 Å². The number of hydrogen-bond acceptors (Lipinski definition) is 5. The Kier molecular flexibility index (Phi) is 5.33. The number of halogens is 1. The van der Waals surface area contributed by atoms with Crippen LogP contribution in [-0.2, 0) is 20.7 Å². The standard InChI is InChI=1S/C16H20FN3O4S/c1-11(21)18-9-13-10-20(16(22)24-13)12-2-3-15(14(17)8-12)19-4-6-25(23)7-5-19/h2-3,8,13H,4-7,9-10H2,1H3,(H,18,21). The first-order valence-electron chi connectivity index (χ1n) is 8.06. The highest BCUT2D eigenvalue weighted by Crippen LogP contribution is 2.28. The van der Waals surface area contributed by atoms with Crippen molar-refractivity contribution in [2.45, 2.75) is 13.0 Å². The lowest BCUT2D eigenvalue weighted by molar-refractivity contribution is -0.119. The average Bonchev–Trinajstić information content (AvgIpc) is 2.95. The van der Waals surface area contributed by atoms with E-state index in [0.717, 1.165) is 0 Å². The molecule has 2 saturated heterocycles. The summed E-state index contributed by atoms with van der Waals surface area (Å²) in [6.07, 6.45) is -1.02. The highest BCUT2D eigenvalue weighted by molar-refractivity contribution is 7.91. The number of rotatable bonds is 4. The van der Waals surface area contributed by atoms with Crippen LogP contribution >= 0.6 is 0 Å². The second-order valence-electron chi connectivity index (χ2n) is 6.02. The van der Waals surface area contributed by atoms with E-state index < -0.39 is 29.2 Å². The Hall–Kier alpha value is -2.00. The molecule has 1 unspecified atom stereocenters. The van der Waals surface area contributed by atoms with Crippen LogP contribution in [0.15, 0.2) is 18.2 Å². The molecule has 1 aromatic carbocycles. The topological polar surface area (TPSA) is 84.9 Å². The normalized spacial score (nSPS) is 21.4. The molecule has 1 N–H and O–H groups in total. The van der Waals surface area contributed by atoms with Crippen LogP contribution in [0.25, 0.3) is 0 Å². The second-order valence-corrected chi connectivity index (χ2v) is 7.72. The summed E-state index contributed by atoms with van der Waals surface area (Å²) in [5, 5.41) is 2.60. The third-order valence-electron chi connectivity index (χ3n) is 4.21. The first-order valence-corrected chi connectivity index (χ1v) is 9.55. The number of benzene rings is 1. The van der Waals surface area contributed by atoms with Gasteiger partial charge in [-0.05, 0) is 18.2 Å². The monoisotopic (exact) mass is 369 g/mol. The second kappa shape index (κ2) is 7.49. The van der Waals surface area contributed by atoms with Gasteiger partial charge in [-0.15, -0.1) is 0 Å². The van der Waals surface area contributed by atoms with Crippen LogP contribution in [0, 0.1) is 5.82 Å². The van der Waals surface area contributed by atoms with Crippen molar-refractivity contribution < 1.29 is 23.3 Å². The lowest BCUT2D eigenvalue weighted by Crippen LogP contribution is -2.40. The molecule has 3 rings (SSSR count). The van der Waals surface area contributed by atoms with E-state index in [0.29, 0.717) is 36.0 Å². The Morgan fingerprint density at radius 3 is 2.80 bits per heavy atom. The minimum atomic E-state index is -0.825. The van der Waals surface area contributed by atoms with E-state index in [4.69, 9.17) is 4.74 Å². The number of nitrogens with zero attached hydrogens (tertiary/aromatic N) is 2. The van der Waals surface area contributed by atoms with Crippen LogP contribution in [0.1, 0.15) is 6.92 Å². The van der Waals surface area contributed by atoms with Crippen LogP contribution in [0.2, 0.25) is 0 Å². The molecular weight excluding hydrogens is 349 g/mol. The minimum Gasteiger partial charge on any atom is -0.616 e. The van der Waals surface area contributed by atoms with Gasteiger partial charge in [0, 0.05) is 6.92 Å². The van der Waals surface area contributed by atoms with Crippen molar-refractivity contribution in [1.82, 2.24) is 5.32 Å². The molecule has 2 aliphatic rings. The summed E-state index contributed by atoms with van der Waals surface area (Å²) in [5.41, 5.74) is 0.861. The van der Waals surface area contributed by atoms with Crippen LogP contribution in [-0.4, -0.2) is 60.3 Å². The van der Waals surface area contributed by atoms with Crippen molar-refractivity contribution >= 4 is 34.6 Å². The van der Waals surface area contributed by atoms with Crippen LogP contribution in [0.4, 0.5) is 20.6 Å². The Morgan fingerprint density at radius 1 is 1.44 bits per heavy atom. The van der Waals surface area contributed by atoms with Gasteiger partial charge in [-0.1, -0.05) is 11.2 Å². The van der Waals surface area contributed by atoms with E-state index in [1.165, 1.54) is 17.9 Å². The highest BCUT2D eigenvalue weighted by atomic mass is 32.2. The summed E-state index contributed by atoms with van der Waals surface area (Å²) in [5.74, 6) is 0.435. The van der Waals surface area contributed by atoms with Crippen LogP contribution < -0.4 is 15.1 Å². The zero-order chi connectivity index (χ0) is 18.0. The van der Waals surface area contributed by atoms with Crippen LogP contribution in [0.5, 0.6) is 0 Å². The molecule has 25 heavy (non-hydrogen) atoms. The third-order valence-corrected chi connectivity index (χ3v) is 5.49. The van der Waals surface area contributed by atoms with Crippen LogP contribution in [0.3, 0.4) is 0 Å². The zero-order valence-electron chi connectivity index (χ0n) is 13.9. The van der Waals surface area contributed by atoms with Gasteiger partial charge < -0.3 is 19.5 Å². The first kappa shape index (κ1) is 17.8. The maximum absolute atomic E-state index is 14.5. The van der Waals surface area contributed by atoms with E-state index in [2.05, 4.69) is 5.32 Å². The lowest BCUT2D eigenvalue weighted by Gasteiger charge is -2.30. The summed E-state index contributed by atoms with van der Waals surface area (Å²) in [4.78, 5) is 26.2. The summed E-state index contributed by atoms with van der Waals surface area (Å²) < 4.78 is 31.1. The maximum atomic E-state index is 14.5. The average molecular weight is 369 g/mol. The quantitative estimate of drug-likeness (QED) is 0.796. The molecule has 9 heteroatoms. The minimum absolute atomic E-state index is 0.202. The van der Waals surface area contributed by atoms with Gasteiger partial charge in [0.15, 0.2) is 0 Å². The molecule has 1 atom stereocenters. The Morgan fingerprint density at radius 2 is 2.16 bits per heavy atom. The van der Waals surface area contributed by atoms with E-state index in [1.807, 2.05) is 4.90 Å². The summed E-state index contributed by atoms with van der Waals surface area (Å²) in [6, 6.07) is 4.61. The van der Waals surface area contributed by atoms with Gasteiger partial charge in [0.2, 0.25) is 5.91 Å². The highest BCUT2D eigenvalue weighted by Gasteiger charge is 2.33. The number of anilines is 2. The fraction of sp³-hybridized carbons (Fsp3) is 0.500. The molecule has 2 amide bonds. The van der Waals surface area contributed by atoms with E-state index >= 15 is 0 Å². The summed E-state index contributed by atoms with van der Waals surface area (Å²) in [7, 11) is 0. The number of carbonyl (C=O) groups is 2. The maximum Gasteiger partial charge on any atom is 0.414 e. The predicted molar refractivity (Wildman–Crippen MR) is 92.8 cm³/mol. The number of nitrogens with one attached hydrogen (secondary N) is 1. The van der Waals surface area contributed by atoms with Crippen molar-refractivity contribution in [2.75, 3.05) is 47.5 Å². The Balaban J connectivity index is 1.68. The fourth-order valence-electron chi connectivity index (χ4n) is 2.90. The summed E-state index contributed by atoms with van der Waals surface area (Å²) >= 11 is -0.825. The van der Waals surface area contributed by atoms with Gasteiger partial charge in [0.1, 0.15) is 23.4 Å². The first-order chi connectivity index (χ1) is 11.9. The molecule has 7 nitrogen and oxygen atoms in total. The fourth-order valence-corrected chi connectivity index (χ4v) is 3.95. The van der Waals surface area contributed by atoms with Crippen molar-refractivity contribution in [1.29, 1.82) is 0 Å². The molecule has 1 aromatic rings. The van der Waals surface area contributed by atoms with Gasteiger partial charge in [-0.3, -0.25) is 9.69 Å².